The van der Waals surface area contributed by atoms with Gasteiger partial charge in [-0.25, -0.2) is 0 Å². The Labute approximate surface area is 234 Å². The summed E-state index contributed by atoms with van der Waals surface area (Å²) in [7, 11) is 0. The molecule has 1 amide bonds. The summed E-state index contributed by atoms with van der Waals surface area (Å²) in [6.45, 7) is 9.11. The monoisotopic (exact) mass is 552 g/mol. The van der Waals surface area contributed by atoms with Gasteiger partial charge in [-0.1, -0.05) is 39.3 Å². The lowest BCUT2D eigenvalue weighted by atomic mass is 9.58. The Morgan fingerprint density at radius 2 is 1.77 bits per heavy atom. The van der Waals surface area contributed by atoms with E-state index in [1.54, 1.807) is 0 Å². The number of phenols is 1. The molecule has 1 unspecified atom stereocenters. The fraction of sp³-hybridized carbons (Fsp3) is 0.581. The third kappa shape index (κ3) is 4.43. The summed E-state index contributed by atoms with van der Waals surface area (Å²) in [6.07, 6.45) is 4.00. The molecule has 1 aromatic carbocycles. The van der Waals surface area contributed by atoms with Gasteiger partial charge in [-0.15, -0.1) is 0 Å². The number of carbonyl (C=O) groups is 3. The third-order valence-electron chi connectivity index (χ3n) is 9.80. The largest absolute Gasteiger partial charge is 0.511 e. The topological polar surface area (TPSA) is 161 Å². The molecule has 40 heavy (non-hydrogen) atoms. The van der Waals surface area contributed by atoms with Crippen molar-refractivity contribution in [1.29, 1.82) is 0 Å². The number of nitrogens with zero attached hydrogens (tertiary/aromatic N) is 1. The Morgan fingerprint density at radius 3 is 2.42 bits per heavy atom. The van der Waals surface area contributed by atoms with Crippen molar-refractivity contribution in [2.24, 2.45) is 23.5 Å². The van der Waals surface area contributed by atoms with Gasteiger partial charge < -0.3 is 31.1 Å². The van der Waals surface area contributed by atoms with Crippen molar-refractivity contribution in [3.8, 4) is 5.75 Å². The molecular formula is C31H40N2O7. The molecule has 1 saturated heterocycles. The van der Waals surface area contributed by atoms with E-state index in [1.807, 2.05) is 32.9 Å². The molecule has 0 bridgehead atoms. The summed E-state index contributed by atoms with van der Waals surface area (Å²) >= 11 is 0. The number of likely N-dealkylation sites (tertiary alicyclic amines) is 1. The Kier molecular flexibility index (Phi) is 7.33. The normalized spacial score (nSPS) is 29.2. The molecule has 5 rings (SSSR count). The number of rotatable bonds is 6. The highest BCUT2D eigenvalue weighted by atomic mass is 16.3. The molecular weight excluding hydrogens is 512 g/mol. The molecule has 0 aromatic heterocycles. The first-order valence-corrected chi connectivity index (χ1v) is 14.4. The number of carbonyl (C=O) groups excluding carboxylic acids is 3. The van der Waals surface area contributed by atoms with E-state index in [0.717, 1.165) is 32.5 Å². The molecule has 9 heteroatoms. The number of benzene rings is 1. The number of allylic oxidation sites excluding steroid dienone is 2. The zero-order valence-electron chi connectivity index (χ0n) is 23.4. The van der Waals surface area contributed by atoms with Gasteiger partial charge in [0.25, 0.3) is 5.91 Å². The fourth-order valence-electron chi connectivity index (χ4n) is 7.59. The molecule has 1 heterocycles. The molecule has 1 fully saturated rings. The lowest BCUT2D eigenvalue weighted by molar-refractivity contribution is -0.128. The number of fused-ring (bicyclic) bond motifs is 3. The van der Waals surface area contributed by atoms with E-state index >= 15 is 0 Å². The molecule has 0 radical (unpaired) electrons. The van der Waals surface area contributed by atoms with Gasteiger partial charge in [0, 0.05) is 29.4 Å². The minimum Gasteiger partial charge on any atom is -0.511 e. The smallest absolute Gasteiger partial charge is 0.255 e. The molecule has 5 atom stereocenters. The predicted molar refractivity (Wildman–Crippen MR) is 148 cm³/mol. The van der Waals surface area contributed by atoms with E-state index in [1.165, 1.54) is 19.3 Å². The van der Waals surface area contributed by atoms with E-state index in [0.29, 0.717) is 11.1 Å². The Morgan fingerprint density at radius 1 is 1.10 bits per heavy atom. The number of aliphatic hydroxyl groups is 3. The number of aromatic hydroxyl groups is 1. The minimum absolute atomic E-state index is 0.0781. The molecule has 0 spiro atoms. The molecule has 1 aliphatic heterocycles. The van der Waals surface area contributed by atoms with Gasteiger partial charge in [0.15, 0.2) is 11.6 Å². The van der Waals surface area contributed by atoms with E-state index < -0.39 is 69.8 Å². The molecule has 6 N–H and O–H groups in total. The Balaban J connectivity index is 1.50. The number of hydrogen-bond acceptors (Lipinski definition) is 8. The highest BCUT2D eigenvalue weighted by molar-refractivity contribution is 6.22. The summed E-state index contributed by atoms with van der Waals surface area (Å²) in [4.78, 5) is 41.5. The third-order valence-corrected chi connectivity index (χ3v) is 9.80. The lowest BCUT2D eigenvalue weighted by Gasteiger charge is -2.46. The van der Waals surface area contributed by atoms with E-state index in [9.17, 15) is 34.8 Å². The molecule has 4 aliphatic rings. The molecule has 3 aliphatic carbocycles. The second-order valence-electron chi connectivity index (χ2n) is 12.6. The summed E-state index contributed by atoms with van der Waals surface area (Å²) in [5.74, 6) is -7.49. The SMILES string of the molecule is C[C@H]1c2ccc(C(C)(C)CCCN3CCCCC3)c(O)c2C(=O)C2=C(O)C3C(=O)C(C(N)=O)=C(O)C[C@@H]3[C@@H](O)[C@@H]21. The van der Waals surface area contributed by atoms with Crippen LogP contribution in [0.4, 0.5) is 0 Å². The number of phenolic OH excluding ortho intramolecular Hbond substituents is 1. The summed E-state index contributed by atoms with van der Waals surface area (Å²) in [5, 5.41) is 44.6. The standard InChI is InChI=1S/C31H40N2O7/c1-15-16-8-9-18(31(2,3)10-7-13-33-11-5-4-6-12-33)26(36)21(16)28(38)24-20(15)25(35)17-14-19(34)23(30(32)40)27(37)22(17)29(24)39/h8-9,15,17,20,22,25,34-36,39H,4-7,10-14H2,1-3H3,(H2,32,40)/t15-,17-,20+,22?,25+/m0/s1. The van der Waals surface area contributed by atoms with Crippen LogP contribution < -0.4 is 5.73 Å². The number of piperidine rings is 1. The summed E-state index contributed by atoms with van der Waals surface area (Å²) in [6, 6.07) is 3.67. The van der Waals surface area contributed by atoms with Crippen molar-refractivity contribution >= 4 is 17.5 Å². The number of nitrogens with two attached hydrogens (primary N) is 1. The first-order valence-electron chi connectivity index (χ1n) is 14.4. The van der Waals surface area contributed by atoms with Crippen molar-refractivity contribution in [3.05, 3.63) is 51.5 Å². The molecule has 9 nitrogen and oxygen atoms in total. The van der Waals surface area contributed by atoms with Gasteiger partial charge in [0.2, 0.25) is 0 Å². The summed E-state index contributed by atoms with van der Waals surface area (Å²) < 4.78 is 0. The number of amides is 1. The minimum atomic E-state index is -1.38. The molecule has 1 aromatic rings. The Bertz CT molecular complexity index is 1320. The van der Waals surface area contributed by atoms with Gasteiger partial charge >= 0.3 is 0 Å². The maximum Gasteiger partial charge on any atom is 0.255 e. The Hall–Kier alpha value is -3.17. The maximum atomic E-state index is 14.0. The first kappa shape index (κ1) is 28.4. The second kappa shape index (κ2) is 10.3. The van der Waals surface area contributed by atoms with Crippen LogP contribution >= 0.6 is 0 Å². The van der Waals surface area contributed by atoms with Crippen molar-refractivity contribution in [2.75, 3.05) is 19.6 Å². The van der Waals surface area contributed by atoms with E-state index in [-0.39, 0.29) is 23.3 Å². The zero-order chi connectivity index (χ0) is 29.1. The van der Waals surface area contributed by atoms with Crippen LogP contribution in [0.1, 0.15) is 86.7 Å². The fourth-order valence-corrected chi connectivity index (χ4v) is 7.59. The van der Waals surface area contributed by atoms with Gasteiger partial charge in [0.05, 0.1) is 17.6 Å². The van der Waals surface area contributed by atoms with Gasteiger partial charge in [-0.2, -0.15) is 0 Å². The predicted octanol–water partition coefficient (Wildman–Crippen LogP) is 3.54. The average Bonchev–Trinajstić information content (AvgIpc) is 2.89. The highest BCUT2D eigenvalue weighted by Crippen LogP contribution is 2.54. The van der Waals surface area contributed by atoms with Crippen LogP contribution in [-0.4, -0.2) is 68.5 Å². The first-order chi connectivity index (χ1) is 18.9. The van der Waals surface area contributed by atoms with Gasteiger partial charge in [-0.05, 0) is 62.2 Å². The zero-order valence-corrected chi connectivity index (χ0v) is 23.4. The summed E-state index contributed by atoms with van der Waals surface area (Å²) in [5.41, 5.74) is 5.41. The van der Waals surface area contributed by atoms with Crippen LogP contribution in [0, 0.1) is 17.8 Å². The number of aliphatic hydroxyl groups excluding tert-OH is 3. The van der Waals surface area contributed by atoms with Gasteiger partial charge in [0.1, 0.15) is 22.8 Å². The van der Waals surface area contributed by atoms with Gasteiger partial charge in [-0.3, -0.25) is 14.4 Å². The quantitative estimate of drug-likeness (QED) is 0.335. The van der Waals surface area contributed by atoms with Crippen LogP contribution in [0.15, 0.2) is 34.8 Å². The van der Waals surface area contributed by atoms with Crippen molar-refractivity contribution in [2.45, 2.75) is 76.7 Å². The highest BCUT2D eigenvalue weighted by Gasteiger charge is 2.56. The van der Waals surface area contributed by atoms with Crippen LogP contribution in [0.25, 0.3) is 0 Å². The number of hydrogen-bond donors (Lipinski definition) is 5. The molecule has 216 valence electrons. The van der Waals surface area contributed by atoms with Crippen LogP contribution in [0.5, 0.6) is 5.75 Å². The van der Waals surface area contributed by atoms with Crippen molar-refractivity contribution in [3.63, 3.8) is 0 Å². The molecule has 0 saturated carbocycles. The number of Topliss-reactive ketones (excluding diaryl/α,β-unsaturated/α-hetero) is 2. The number of primary amides is 1. The number of ketones is 2. The van der Waals surface area contributed by atoms with Crippen molar-refractivity contribution < 1.29 is 34.8 Å². The van der Waals surface area contributed by atoms with E-state index in [2.05, 4.69) is 4.90 Å². The van der Waals surface area contributed by atoms with E-state index in [4.69, 9.17) is 5.73 Å². The maximum absolute atomic E-state index is 14.0. The average molecular weight is 553 g/mol. The van der Waals surface area contributed by atoms with Crippen LogP contribution in [0.3, 0.4) is 0 Å². The van der Waals surface area contributed by atoms with Crippen molar-refractivity contribution in [1.82, 2.24) is 4.90 Å². The second-order valence-corrected chi connectivity index (χ2v) is 12.6. The van der Waals surface area contributed by atoms with Crippen LogP contribution in [-0.2, 0) is 15.0 Å². The lowest BCUT2D eigenvalue weighted by Crippen LogP contribution is -2.51. The van der Waals surface area contributed by atoms with Crippen LogP contribution in [0.2, 0.25) is 0 Å².